The van der Waals surface area contributed by atoms with Crippen LogP contribution in [0.1, 0.15) is 11.7 Å². The van der Waals surface area contributed by atoms with E-state index in [9.17, 15) is 0 Å². The Morgan fingerprint density at radius 2 is 1.17 bits per heavy atom. The molecule has 5 heteroatoms. The summed E-state index contributed by atoms with van der Waals surface area (Å²) in [5.41, 5.74) is 10.6. The van der Waals surface area contributed by atoms with Crippen LogP contribution in [0.5, 0.6) is 0 Å². The summed E-state index contributed by atoms with van der Waals surface area (Å²) in [7, 11) is 0. The molecule has 5 nitrogen and oxygen atoms in total. The molecule has 0 fully saturated rings. The molecule has 1 N–H and O–H groups in total. The zero-order valence-corrected chi connectivity index (χ0v) is 25.8. The molecule has 1 atom stereocenters. The summed E-state index contributed by atoms with van der Waals surface area (Å²) in [6.07, 6.45) is -0.0470. The van der Waals surface area contributed by atoms with E-state index in [1.165, 1.54) is 38.1 Å². The minimum atomic E-state index is -0.0470. The molecule has 0 radical (unpaired) electrons. The van der Waals surface area contributed by atoms with Gasteiger partial charge in [-0.1, -0.05) is 115 Å². The molecule has 48 heavy (non-hydrogen) atoms. The van der Waals surface area contributed by atoms with Crippen LogP contribution in [0.4, 0.5) is 5.69 Å². The van der Waals surface area contributed by atoms with Crippen molar-refractivity contribution in [1.29, 1.82) is 0 Å². The molecule has 0 aliphatic carbocycles. The summed E-state index contributed by atoms with van der Waals surface area (Å²) in [4.78, 5) is 10.9. The van der Waals surface area contributed by atoms with Crippen molar-refractivity contribution in [3.8, 4) is 17.1 Å². The van der Waals surface area contributed by atoms with Gasteiger partial charge in [0.15, 0.2) is 5.82 Å². The molecule has 0 amide bonds. The van der Waals surface area contributed by atoms with E-state index >= 15 is 0 Å². The molecular weight excluding hydrogens is 587 g/mol. The summed E-state index contributed by atoms with van der Waals surface area (Å²) in [6.45, 7) is 0. The predicted octanol–water partition coefficient (Wildman–Crippen LogP) is 10.6. The Bertz CT molecular complexity index is 2920. The number of hydrogen-bond acceptors (Lipinski definition) is 3. The number of fused-ring (bicyclic) bond motifs is 5. The van der Waals surface area contributed by atoms with Crippen LogP contribution in [0.15, 0.2) is 152 Å². The van der Waals surface area contributed by atoms with E-state index in [0.29, 0.717) is 0 Å². The molecule has 1 unspecified atom stereocenters. The van der Waals surface area contributed by atoms with Gasteiger partial charge in [0.1, 0.15) is 11.9 Å². The highest BCUT2D eigenvalue weighted by atomic mass is 15.2. The minimum absolute atomic E-state index is 0.0470. The highest BCUT2D eigenvalue weighted by Crippen LogP contribution is 2.48. The molecule has 0 bridgehead atoms. The topological polar surface area (TPSA) is 47.7 Å². The largest absolute Gasteiger partial charge is 0.359 e. The van der Waals surface area contributed by atoms with Crippen molar-refractivity contribution in [2.24, 2.45) is 0 Å². The molecule has 3 aromatic heterocycles. The normalized spacial score (nSPS) is 14.2. The smallest absolute Gasteiger partial charge is 0.165 e. The third-order valence-electron chi connectivity index (χ3n) is 10.1. The Morgan fingerprint density at radius 1 is 0.521 bits per heavy atom. The molecule has 11 rings (SSSR count). The number of aromatic nitrogens is 4. The molecule has 0 saturated heterocycles. The van der Waals surface area contributed by atoms with E-state index in [-0.39, 0.29) is 6.17 Å². The number of rotatable bonds is 3. The molecule has 1 aliphatic rings. The van der Waals surface area contributed by atoms with Crippen LogP contribution in [-0.4, -0.2) is 19.1 Å². The first-order valence-electron chi connectivity index (χ1n) is 16.4. The van der Waals surface area contributed by atoms with E-state index in [0.717, 1.165) is 55.6 Å². The number of para-hydroxylation sites is 1. The fraction of sp³-hybridized carbons (Fsp3) is 0.0233. The maximum Gasteiger partial charge on any atom is 0.165 e. The van der Waals surface area contributed by atoms with Crippen LogP contribution in [0.25, 0.3) is 82.5 Å². The third-order valence-corrected chi connectivity index (χ3v) is 10.1. The lowest BCUT2D eigenvalue weighted by atomic mass is 10.0. The summed E-state index contributed by atoms with van der Waals surface area (Å²) < 4.78 is 4.85. The summed E-state index contributed by atoms with van der Waals surface area (Å²) in [6, 6.07) is 54.0. The molecule has 7 aromatic carbocycles. The van der Waals surface area contributed by atoms with Crippen molar-refractivity contribution in [2.45, 2.75) is 6.17 Å². The second-order valence-electron chi connectivity index (χ2n) is 12.7. The highest BCUT2D eigenvalue weighted by Gasteiger charge is 2.30. The van der Waals surface area contributed by atoms with Gasteiger partial charge in [0.05, 0.1) is 38.8 Å². The maximum absolute atomic E-state index is 5.48. The molecule has 0 saturated carbocycles. The lowest BCUT2D eigenvalue weighted by molar-refractivity contribution is 0.726. The van der Waals surface area contributed by atoms with Crippen molar-refractivity contribution in [3.63, 3.8) is 0 Å². The van der Waals surface area contributed by atoms with Crippen molar-refractivity contribution in [3.05, 3.63) is 157 Å². The lowest BCUT2D eigenvalue weighted by Gasteiger charge is -2.18. The second-order valence-corrected chi connectivity index (χ2v) is 12.7. The predicted molar refractivity (Wildman–Crippen MR) is 198 cm³/mol. The van der Waals surface area contributed by atoms with Crippen molar-refractivity contribution in [2.75, 3.05) is 5.32 Å². The number of nitrogens with zero attached hydrogens (tertiary/aromatic N) is 4. The van der Waals surface area contributed by atoms with Crippen LogP contribution in [0.2, 0.25) is 0 Å². The Balaban J connectivity index is 1.33. The average Bonchev–Trinajstić information content (AvgIpc) is 3.66. The van der Waals surface area contributed by atoms with Gasteiger partial charge in [-0.15, -0.1) is 0 Å². The SMILES string of the molecule is c1ccc(-c2nc3cc4ccccc4cc3nc2-n2c3cccc4c5ccccc5n5c6c(ccc2c6c43)NC5c2ccccc2)cc1. The van der Waals surface area contributed by atoms with E-state index in [4.69, 9.17) is 9.97 Å². The fourth-order valence-corrected chi connectivity index (χ4v) is 8.01. The standard InChI is InChI=1S/C43H27N5/c1-3-12-26(13-4-1)40-43(46-34-25-29-17-8-7-16-28(29)24-33(34)44-40)47-36-21-11-19-31-30-18-9-10-20-35(30)48-41-32(22-23-37(47)39(41)38(31)36)45-42(48)27-14-5-2-6-15-27/h1-25,42,45H. The minimum Gasteiger partial charge on any atom is -0.359 e. The monoisotopic (exact) mass is 613 g/mol. The van der Waals surface area contributed by atoms with Gasteiger partial charge in [0, 0.05) is 21.7 Å². The van der Waals surface area contributed by atoms with Crippen LogP contribution >= 0.6 is 0 Å². The Kier molecular flexibility index (Phi) is 5.10. The molecule has 1 aliphatic heterocycles. The zero-order valence-electron chi connectivity index (χ0n) is 25.8. The zero-order chi connectivity index (χ0) is 31.3. The molecule has 10 aromatic rings. The average molecular weight is 614 g/mol. The number of anilines is 1. The first kappa shape index (κ1) is 25.7. The quantitative estimate of drug-likeness (QED) is 0.202. The van der Waals surface area contributed by atoms with E-state index in [1.807, 2.05) is 0 Å². The van der Waals surface area contributed by atoms with Gasteiger partial charge < -0.3 is 9.88 Å². The van der Waals surface area contributed by atoms with Gasteiger partial charge >= 0.3 is 0 Å². The van der Waals surface area contributed by atoms with Crippen LogP contribution < -0.4 is 5.32 Å². The van der Waals surface area contributed by atoms with E-state index in [1.54, 1.807) is 0 Å². The van der Waals surface area contributed by atoms with Crippen molar-refractivity contribution < 1.29 is 0 Å². The van der Waals surface area contributed by atoms with Crippen LogP contribution in [-0.2, 0) is 0 Å². The Morgan fingerprint density at radius 3 is 1.98 bits per heavy atom. The Labute approximate surface area is 275 Å². The number of hydrogen-bond donors (Lipinski definition) is 1. The fourth-order valence-electron chi connectivity index (χ4n) is 8.01. The molecular formula is C43H27N5. The lowest BCUT2D eigenvalue weighted by Crippen LogP contribution is -2.13. The van der Waals surface area contributed by atoms with Crippen LogP contribution in [0, 0.1) is 0 Å². The van der Waals surface area contributed by atoms with Gasteiger partial charge in [0.2, 0.25) is 0 Å². The van der Waals surface area contributed by atoms with Gasteiger partial charge in [-0.3, -0.25) is 4.57 Å². The first-order valence-corrected chi connectivity index (χ1v) is 16.4. The summed E-state index contributed by atoms with van der Waals surface area (Å²) in [5, 5.41) is 11.1. The summed E-state index contributed by atoms with van der Waals surface area (Å²) in [5.74, 6) is 0.826. The van der Waals surface area contributed by atoms with Gasteiger partial charge in [-0.2, -0.15) is 0 Å². The van der Waals surface area contributed by atoms with Crippen molar-refractivity contribution >= 4 is 71.1 Å². The van der Waals surface area contributed by atoms with Crippen molar-refractivity contribution in [1.82, 2.24) is 19.1 Å². The second kappa shape index (κ2) is 9.53. The van der Waals surface area contributed by atoms with Gasteiger partial charge in [-0.05, 0) is 58.1 Å². The first-order chi connectivity index (χ1) is 23.8. The molecule has 224 valence electrons. The molecule has 0 spiro atoms. The maximum atomic E-state index is 5.48. The van der Waals surface area contributed by atoms with Gasteiger partial charge in [-0.25, -0.2) is 9.97 Å². The van der Waals surface area contributed by atoms with Gasteiger partial charge in [0.25, 0.3) is 0 Å². The number of benzene rings is 7. The van der Waals surface area contributed by atoms with E-state index in [2.05, 4.69) is 166 Å². The van der Waals surface area contributed by atoms with Crippen LogP contribution in [0.3, 0.4) is 0 Å². The Hall–Kier alpha value is -6.46. The number of nitrogens with one attached hydrogen (secondary N) is 1. The molecule has 4 heterocycles. The summed E-state index contributed by atoms with van der Waals surface area (Å²) >= 11 is 0. The van der Waals surface area contributed by atoms with E-state index < -0.39 is 0 Å². The highest BCUT2D eigenvalue weighted by molar-refractivity contribution is 6.29. The third kappa shape index (κ3) is 3.45.